The number of aromatic nitrogens is 1. The van der Waals surface area contributed by atoms with Crippen molar-refractivity contribution in [3.8, 4) is 27.9 Å². The van der Waals surface area contributed by atoms with Gasteiger partial charge in [0.2, 0.25) is 0 Å². The molecule has 10 aromatic rings. The first kappa shape index (κ1) is 38.0. The Morgan fingerprint density at radius 3 is 1.91 bits per heavy atom. The molecule has 3 aliphatic rings. The number of anilines is 2. The van der Waals surface area contributed by atoms with Gasteiger partial charge in [-0.2, -0.15) is 0 Å². The van der Waals surface area contributed by atoms with Crippen LogP contribution in [0.4, 0.5) is 11.4 Å². The molecule has 2 aliphatic heterocycles. The maximum atomic E-state index is 7.46. The van der Waals surface area contributed by atoms with Gasteiger partial charge in [-0.3, -0.25) is 0 Å². The molecule has 3 aromatic heterocycles. The number of hydrogen-bond acceptors (Lipinski definition) is 3. The Balaban J connectivity index is 1.28. The summed E-state index contributed by atoms with van der Waals surface area (Å²) in [7, 11) is 0. The van der Waals surface area contributed by atoms with Crippen LogP contribution in [0.25, 0.3) is 82.7 Å². The van der Waals surface area contributed by atoms with E-state index in [9.17, 15) is 0 Å². The van der Waals surface area contributed by atoms with Gasteiger partial charge in [0.1, 0.15) is 22.4 Å². The summed E-state index contributed by atoms with van der Waals surface area (Å²) in [5.74, 6) is 0. The molecular formula is C59H53BN2O2. The molecule has 0 saturated carbocycles. The number of nitrogens with zero attached hydrogens (tertiary/aromatic N) is 2. The molecule has 0 saturated heterocycles. The van der Waals surface area contributed by atoms with Gasteiger partial charge >= 0.3 is 6.85 Å². The van der Waals surface area contributed by atoms with E-state index in [0.717, 1.165) is 44.6 Å². The molecule has 314 valence electrons. The number of benzene rings is 7. The summed E-state index contributed by atoms with van der Waals surface area (Å²) in [5.41, 5.74) is 22.2. The first-order chi connectivity index (χ1) is 30.4. The topological polar surface area (TPSA) is 34.5 Å². The maximum absolute atomic E-state index is 7.46. The van der Waals surface area contributed by atoms with Gasteiger partial charge in [0, 0.05) is 43.9 Å². The summed E-state index contributed by atoms with van der Waals surface area (Å²) in [6.45, 7) is 25.2. The highest BCUT2D eigenvalue weighted by molar-refractivity contribution is 6.93. The van der Waals surface area contributed by atoms with Gasteiger partial charge in [0.15, 0.2) is 0 Å². The van der Waals surface area contributed by atoms with E-state index >= 15 is 0 Å². The first-order valence-electron chi connectivity index (χ1n) is 23.1. The lowest BCUT2D eigenvalue weighted by atomic mass is 9.46. The molecule has 13 rings (SSSR count). The van der Waals surface area contributed by atoms with Crippen molar-refractivity contribution >= 4 is 84.1 Å². The molecule has 0 radical (unpaired) electrons. The number of para-hydroxylation sites is 1. The van der Waals surface area contributed by atoms with E-state index in [2.05, 4.69) is 207 Å². The number of furan rings is 2. The molecular weight excluding hydrogens is 779 g/mol. The van der Waals surface area contributed by atoms with Crippen LogP contribution in [-0.4, -0.2) is 11.4 Å². The summed E-state index contributed by atoms with van der Waals surface area (Å²) in [4.78, 5) is 2.63. The number of rotatable bonds is 1. The molecule has 1 aliphatic carbocycles. The van der Waals surface area contributed by atoms with Crippen molar-refractivity contribution in [2.75, 3.05) is 4.81 Å². The van der Waals surface area contributed by atoms with E-state index in [0.29, 0.717) is 0 Å². The lowest BCUT2D eigenvalue weighted by Gasteiger charge is -2.41. The summed E-state index contributed by atoms with van der Waals surface area (Å²) in [5, 5.41) is 5.82. The van der Waals surface area contributed by atoms with Gasteiger partial charge in [-0.1, -0.05) is 143 Å². The SMILES string of the molecule is CC(C)(C)c1ccc(N2B3c4oc5ccc(C(C)(C)C)cc5c4-n4c5ccc(C(C)(C)C)cc5c5c6oc7ccccc7c6c(c3c54)-c3cc4c(cc32)C(C)(C)c2ccccc2-4)cc1. The Bertz CT molecular complexity index is 3700. The summed E-state index contributed by atoms with van der Waals surface area (Å²) >= 11 is 0. The van der Waals surface area contributed by atoms with Gasteiger partial charge in [0.25, 0.3) is 0 Å². The number of hydrogen-bond donors (Lipinski definition) is 0. The van der Waals surface area contributed by atoms with Crippen LogP contribution in [0.2, 0.25) is 0 Å². The molecule has 5 heteroatoms. The molecule has 0 bridgehead atoms. The van der Waals surface area contributed by atoms with E-state index in [1.165, 1.54) is 88.4 Å². The fourth-order valence-corrected chi connectivity index (χ4v) is 11.8. The van der Waals surface area contributed by atoms with Crippen LogP contribution in [0.15, 0.2) is 130 Å². The summed E-state index contributed by atoms with van der Waals surface area (Å²) in [6.07, 6.45) is 0. The first-order valence-corrected chi connectivity index (χ1v) is 23.1. The van der Waals surface area contributed by atoms with E-state index in [-0.39, 0.29) is 28.5 Å². The molecule has 0 N–H and O–H groups in total. The van der Waals surface area contributed by atoms with Crippen LogP contribution in [0.1, 0.15) is 104 Å². The second kappa shape index (κ2) is 12.0. The predicted octanol–water partition coefficient (Wildman–Crippen LogP) is 14.9. The normalized spacial score (nSPS) is 15.2. The van der Waals surface area contributed by atoms with Crippen molar-refractivity contribution in [1.29, 1.82) is 0 Å². The smallest absolute Gasteiger partial charge is 0.376 e. The molecule has 0 amide bonds. The molecule has 4 nitrogen and oxygen atoms in total. The third-order valence-corrected chi connectivity index (χ3v) is 15.2. The van der Waals surface area contributed by atoms with Crippen molar-refractivity contribution in [3.05, 3.63) is 149 Å². The third-order valence-electron chi connectivity index (χ3n) is 15.2. The van der Waals surface area contributed by atoms with Crippen LogP contribution in [-0.2, 0) is 21.7 Å². The van der Waals surface area contributed by atoms with E-state index in [4.69, 9.17) is 8.83 Å². The minimum atomic E-state index is -0.284. The number of fused-ring (bicyclic) bond motifs is 18. The highest BCUT2D eigenvalue weighted by atomic mass is 16.3. The molecule has 64 heavy (non-hydrogen) atoms. The summed E-state index contributed by atoms with van der Waals surface area (Å²) < 4.78 is 17.3. The van der Waals surface area contributed by atoms with Gasteiger partial charge in [-0.25, -0.2) is 0 Å². The monoisotopic (exact) mass is 832 g/mol. The van der Waals surface area contributed by atoms with Crippen molar-refractivity contribution in [1.82, 2.24) is 4.57 Å². The molecule has 5 heterocycles. The average molecular weight is 833 g/mol. The second-order valence-electron chi connectivity index (χ2n) is 22.6. The highest BCUT2D eigenvalue weighted by Crippen LogP contribution is 2.57. The zero-order valence-corrected chi connectivity index (χ0v) is 38.8. The quantitative estimate of drug-likeness (QED) is 0.155. The van der Waals surface area contributed by atoms with Crippen LogP contribution in [0, 0.1) is 0 Å². The maximum Gasteiger partial charge on any atom is 0.376 e. The van der Waals surface area contributed by atoms with Crippen molar-refractivity contribution in [2.45, 2.75) is 97.8 Å². The van der Waals surface area contributed by atoms with E-state index in [1.54, 1.807) is 0 Å². The molecule has 7 aromatic carbocycles. The Morgan fingerprint density at radius 2 is 1.17 bits per heavy atom. The fraction of sp³-hybridized carbons (Fsp3) is 0.254. The minimum absolute atomic E-state index is 0.00994. The molecule has 0 fully saturated rings. The molecule has 0 unspecified atom stereocenters. The Morgan fingerprint density at radius 1 is 0.531 bits per heavy atom. The lowest BCUT2D eigenvalue weighted by molar-refractivity contribution is 0.590. The molecule has 0 atom stereocenters. The van der Waals surface area contributed by atoms with Crippen molar-refractivity contribution in [3.63, 3.8) is 0 Å². The predicted molar refractivity (Wildman–Crippen MR) is 271 cm³/mol. The van der Waals surface area contributed by atoms with E-state index in [1.807, 2.05) is 0 Å². The Kier molecular flexibility index (Phi) is 7.14. The average Bonchev–Trinajstić information content (AvgIpc) is 3.98. The van der Waals surface area contributed by atoms with Crippen LogP contribution < -0.4 is 15.9 Å². The Hall–Kier alpha value is -6.46. The van der Waals surface area contributed by atoms with Crippen molar-refractivity contribution in [2.24, 2.45) is 0 Å². The summed E-state index contributed by atoms with van der Waals surface area (Å²) in [6, 6.07) is 46.1. The third kappa shape index (κ3) is 4.80. The van der Waals surface area contributed by atoms with Gasteiger partial charge in [-0.15, -0.1) is 0 Å². The van der Waals surface area contributed by atoms with Crippen LogP contribution in [0.3, 0.4) is 0 Å². The van der Waals surface area contributed by atoms with Crippen LogP contribution in [0.5, 0.6) is 0 Å². The lowest BCUT2D eigenvalue weighted by Crippen LogP contribution is -2.60. The van der Waals surface area contributed by atoms with Gasteiger partial charge < -0.3 is 18.2 Å². The molecule has 0 spiro atoms. The zero-order chi connectivity index (χ0) is 44.1. The van der Waals surface area contributed by atoms with Crippen LogP contribution >= 0.6 is 0 Å². The van der Waals surface area contributed by atoms with Gasteiger partial charge in [-0.05, 0) is 121 Å². The van der Waals surface area contributed by atoms with E-state index < -0.39 is 0 Å². The van der Waals surface area contributed by atoms with Gasteiger partial charge in [0.05, 0.1) is 22.1 Å². The largest absolute Gasteiger partial charge is 0.466 e. The zero-order valence-electron chi connectivity index (χ0n) is 38.8. The standard InChI is InChI=1S/C59H53BN2O2/c1-56(2,3)32-20-24-35(25-21-32)62-45-31-43-38(36-16-12-14-18-42(36)59(43,10)11)30-40(45)48-49-37-17-13-15-19-46(37)63-54(49)50-39-28-33(57(4,5)6)22-26-44(39)61-52-41-29-34(58(7,8)9)23-27-47(41)64-55(52)60(62)51(48)53(50)61/h12-31H,1-11H3. The van der Waals surface area contributed by atoms with Crippen molar-refractivity contribution < 1.29 is 8.83 Å². The minimum Gasteiger partial charge on any atom is -0.466 e. The second-order valence-corrected chi connectivity index (χ2v) is 22.6. The Labute approximate surface area is 375 Å². The fourth-order valence-electron chi connectivity index (χ4n) is 11.8. The highest BCUT2D eigenvalue weighted by Gasteiger charge is 2.50.